The van der Waals surface area contributed by atoms with Gasteiger partial charge in [0.05, 0.1) is 5.75 Å². The van der Waals surface area contributed by atoms with E-state index >= 15 is 0 Å². The quantitative estimate of drug-likeness (QED) is 0.591. The summed E-state index contributed by atoms with van der Waals surface area (Å²) < 4.78 is 5.76. The Balaban J connectivity index is 1.61. The van der Waals surface area contributed by atoms with Gasteiger partial charge in [-0.2, -0.15) is 0 Å². The van der Waals surface area contributed by atoms with E-state index < -0.39 is 5.97 Å². The van der Waals surface area contributed by atoms with Gasteiger partial charge in [0.2, 0.25) is 0 Å². The van der Waals surface area contributed by atoms with Crippen LogP contribution in [0.1, 0.15) is 30.9 Å². The lowest BCUT2D eigenvalue weighted by Gasteiger charge is -2.31. The fraction of sp³-hybridized carbons (Fsp3) is 0.526. The number of rotatable bonds is 6. The zero-order valence-electron chi connectivity index (χ0n) is 15.3. The molecule has 2 rings (SSSR count). The predicted octanol–water partition coefficient (Wildman–Crippen LogP) is 2.90. The zero-order valence-corrected chi connectivity index (χ0v) is 17.0. The molecule has 0 unspecified atom stereocenters. The third kappa shape index (κ3) is 6.96. The van der Waals surface area contributed by atoms with Crippen LogP contribution in [0.5, 0.6) is 0 Å². The largest absolute Gasteiger partial charge is 0.455 e. The average molecular weight is 395 g/mol. The van der Waals surface area contributed by atoms with Crippen molar-refractivity contribution in [3.63, 3.8) is 0 Å². The number of carbonyl (C=O) groups excluding carboxylic acids is 2. The summed E-state index contributed by atoms with van der Waals surface area (Å²) >= 11 is 6.68. The van der Waals surface area contributed by atoms with Crippen LogP contribution < -0.4 is 5.32 Å². The molecule has 26 heavy (non-hydrogen) atoms. The number of ether oxygens (including phenoxy) is 1. The number of likely N-dealkylation sites (tertiary alicyclic amines) is 1. The highest BCUT2D eigenvalue weighted by atomic mass is 32.2. The fourth-order valence-electron chi connectivity index (χ4n) is 2.64. The first-order valence-corrected chi connectivity index (χ1v) is 10.2. The minimum Gasteiger partial charge on any atom is -0.455 e. The lowest BCUT2D eigenvalue weighted by atomic mass is 10.00. The molecule has 1 fully saturated rings. The summed E-state index contributed by atoms with van der Waals surface area (Å²) in [5.74, 6) is 0.144. The molecule has 7 heteroatoms. The highest BCUT2D eigenvalue weighted by Gasteiger charge is 2.19. The second-order valence-electron chi connectivity index (χ2n) is 6.59. The summed E-state index contributed by atoms with van der Waals surface area (Å²) in [6.07, 6.45) is 2.26. The average Bonchev–Trinajstić information content (AvgIpc) is 2.64. The van der Waals surface area contributed by atoms with E-state index in [0.717, 1.165) is 47.3 Å². The van der Waals surface area contributed by atoms with Crippen LogP contribution in [0.15, 0.2) is 24.3 Å². The van der Waals surface area contributed by atoms with Crippen molar-refractivity contribution < 1.29 is 14.3 Å². The number of nitrogens with one attached hydrogen (secondary N) is 1. The van der Waals surface area contributed by atoms with E-state index in [-0.39, 0.29) is 18.3 Å². The van der Waals surface area contributed by atoms with E-state index in [4.69, 9.17) is 17.0 Å². The van der Waals surface area contributed by atoms with Gasteiger partial charge in [0.25, 0.3) is 5.91 Å². The number of thioether (sulfide) groups is 1. The van der Waals surface area contributed by atoms with Crippen molar-refractivity contribution in [1.82, 2.24) is 10.2 Å². The summed E-state index contributed by atoms with van der Waals surface area (Å²) in [6.45, 7) is 6.29. The van der Waals surface area contributed by atoms with Crippen LogP contribution in [0.4, 0.5) is 0 Å². The second kappa shape index (κ2) is 10.5. The first-order valence-electron chi connectivity index (χ1n) is 8.84. The summed E-state index contributed by atoms with van der Waals surface area (Å²) in [5.41, 5.74) is 2.16. The molecule has 0 saturated carbocycles. The molecular formula is C19H26N2O3S2. The van der Waals surface area contributed by atoms with Crippen LogP contribution in [0, 0.1) is 12.8 Å². The van der Waals surface area contributed by atoms with Gasteiger partial charge in [-0.15, -0.1) is 0 Å². The summed E-state index contributed by atoms with van der Waals surface area (Å²) in [4.78, 5) is 25.8. The van der Waals surface area contributed by atoms with E-state index in [2.05, 4.69) is 17.1 Å². The van der Waals surface area contributed by atoms with Crippen molar-refractivity contribution >= 4 is 40.2 Å². The third-order valence-corrected chi connectivity index (χ3v) is 5.95. The molecule has 142 valence electrons. The van der Waals surface area contributed by atoms with Gasteiger partial charge in [-0.25, -0.2) is 0 Å². The van der Waals surface area contributed by atoms with Crippen LogP contribution in [0.2, 0.25) is 0 Å². The van der Waals surface area contributed by atoms with Crippen molar-refractivity contribution in [1.29, 1.82) is 0 Å². The smallest absolute Gasteiger partial charge is 0.316 e. The van der Waals surface area contributed by atoms with Crippen molar-refractivity contribution in [2.75, 3.05) is 25.4 Å². The third-order valence-electron chi connectivity index (χ3n) is 4.46. The van der Waals surface area contributed by atoms with E-state index in [0.29, 0.717) is 6.54 Å². The number of aryl methyl sites for hydroxylation is 1. The van der Waals surface area contributed by atoms with Crippen molar-refractivity contribution in [2.24, 2.45) is 5.92 Å². The Kier molecular flexibility index (Phi) is 8.38. The maximum absolute atomic E-state index is 11.8. The Morgan fingerprint density at radius 1 is 1.31 bits per heavy atom. The molecule has 5 nitrogen and oxygen atoms in total. The molecule has 1 aromatic rings. The molecule has 1 amide bonds. The lowest BCUT2D eigenvalue weighted by molar-refractivity contribution is -0.145. The Hall–Kier alpha value is -1.60. The van der Waals surface area contributed by atoms with Crippen molar-refractivity contribution in [2.45, 2.75) is 33.2 Å². The van der Waals surface area contributed by atoms with Gasteiger partial charge >= 0.3 is 5.97 Å². The summed E-state index contributed by atoms with van der Waals surface area (Å²) in [6, 6.07) is 7.83. The highest BCUT2D eigenvalue weighted by molar-refractivity contribution is 8.23. The molecule has 1 saturated heterocycles. The number of piperidine rings is 1. The van der Waals surface area contributed by atoms with Crippen molar-refractivity contribution in [3.05, 3.63) is 35.4 Å². The van der Waals surface area contributed by atoms with E-state index in [1.165, 1.54) is 11.8 Å². The van der Waals surface area contributed by atoms with Crippen LogP contribution in [0.25, 0.3) is 0 Å². The number of benzene rings is 1. The van der Waals surface area contributed by atoms with Crippen LogP contribution >= 0.6 is 24.0 Å². The molecule has 0 radical (unpaired) electrons. The number of hydrogen-bond acceptors (Lipinski definition) is 5. The van der Waals surface area contributed by atoms with Crippen LogP contribution in [-0.4, -0.2) is 46.5 Å². The molecule has 1 heterocycles. The summed E-state index contributed by atoms with van der Waals surface area (Å²) in [5, 5.41) is 2.76. The Morgan fingerprint density at radius 2 is 2.00 bits per heavy atom. The molecular weight excluding hydrogens is 368 g/mol. The van der Waals surface area contributed by atoms with E-state index in [9.17, 15) is 9.59 Å². The monoisotopic (exact) mass is 394 g/mol. The molecule has 1 aromatic carbocycles. The van der Waals surface area contributed by atoms with Crippen LogP contribution in [0.3, 0.4) is 0 Å². The Bertz CT molecular complexity index is 643. The first-order chi connectivity index (χ1) is 12.5. The van der Waals surface area contributed by atoms with Crippen molar-refractivity contribution in [3.8, 4) is 0 Å². The van der Waals surface area contributed by atoms with Gasteiger partial charge < -0.3 is 15.0 Å². The second-order valence-corrected chi connectivity index (χ2v) is 8.20. The van der Waals surface area contributed by atoms with E-state index in [1.807, 2.05) is 31.2 Å². The topological polar surface area (TPSA) is 58.6 Å². The lowest BCUT2D eigenvalue weighted by Crippen LogP contribution is -2.36. The minimum atomic E-state index is -0.422. The predicted molar refractivity (Wildman–Crippen MR) is 109 cm³/mol. The molecule has 0 aliphatic carbocycles. The molecule has 0 bridgehead atoms. The molecule has 1 aliphatic rings. The van der Waals surface area contributed by atoms with Gasteiger partial charge in [0.1, 0.15) is 4.32 Å². The number of hydrogen-bond donors (Lipinski definition) is 1. The normalized spacial score (nSPS) is 14.8. The maximum atomic E-state index is 11.8. The summed E-state index contributed by atoms with van der Waals surface area (Å²) in [7, 11) is 0. The van der Waals surface area contributed by atoms with E-state index in [1.54, 1.807) is 0 Å². The molecule has 1 aliphatic heterocycles. The van der Waals surface area contributed by atoms with Gasteiger partial charge in [-0.1, -0.05) is 55.2 Å². The Morgan fingerprint density at radius 3 is 2.69 bits per heavy atom. The van der Waals surface area contributed by atoms with Gasteiger partial charge in [-0.05, 0) is 36.8 Å². The Labute approximate surface area is 164 Å². The number of carbonyl (C=O) groups is 2. The molecule has 0 aromatic heterocycles. The first kappa shape index (κ1) is 20.7. The van der Waals surface area contributed by atoms with Crippen LogP contribution in [-0.2, 0) is 20.9 Å². The molecule has 0 atom stereocenters. The minimum absolute atomic E-state index is 0.135. The van der Waals surface area contributed by atoms with Gasteiger partial charge in [-0.3, -0.25) is 9.59 Å². The standard InChI is InChI=1S/C19H26N2O3S2/c1-14-7-9-21(10-8-14)19(25)26-13-18(23)24-12-17(22)20-11-16-6-4-3-5-15(16)2/h3-6,14H,7-13H2,1-2H3,(H,20,22). The van der Waals surface area contributed by atoms with Gasteiger partial charge in [0, 0.05) is 19.6 Å². The molecule has 0 spiro atoms. The number of amides is 1. The number of thiocarbonyl (C=S) groups is 1. The fourth-order valence-corrected chi connectivity index (χ4v) is 3.69. The number of esters is 1. The zero-order chi connectivity index (χ0) is 18.9. The highest BCUT2D eigenvalue weighted by Crippen LogP contribution is 2.20. The molecule has 1 N–H and O–H groups in total. The SMILES string of the molecule is Cc1ccccc1CNC(=O)COC(=O)CSC(=S)N1CCC(C)CC1. The number of nitrogens with zero attached hydrogens (tertiary/aromatic N) is 1. The maximum Gasteiger partial charge on any atom is 0.316 e. The van der Waals surface area contributed by atoms with Gasteiger partial charge in [0.15, 0.2) is 6.61 Å².